The van der Waals surface area contributed by atoms with E-state index in [-0.39, 0.29) is 19.7 Å². The van der Waals surface area contributed by atoms with Gasteiger partial charge in [-0.05, 0) is 24.6 Å². The Bertz CT molecular complexity index is 483. The molecule has 0 atom stereocenters. The molecule has 0 aliphatic carbocycles. The molecule has 6 nitrogen and oxygen atoms in total. The number of amides is 2. The van der Waals surface area contributed by atoms with E-state index >= 15 is 0 Å². The Morgan fingerprint density at radius 3 is 2.65 bits per heavy atom. The lowest BCUT2D eigenvalue weighted by Gasteiger charge is -2.10. The molecule has 1 aromatic carbocycles. The van der Waals surface area contributed by atoms with Crippen LogP contribution in [0.3, 0.4) is 0 Å². The van der Waals surface area contributed by atoms with E-state index in [1.165, 1.54) is 6.07 Å². The molecule has 20 heavy (non-hydrogen) atoms. The lowest BCUT2D eigenvalue weighted by Crippen LogP contribution is -2.38. The number of benzene rings is 1. The van der Waals surface area contributed by atoms with Gasteiger partial charge in [-0.2, -0.15) is 0 Å². The van der Waals surface area contributed by atoms with Crippen LogP contribution in [0.1, 0.15) is 12.8 Å². The summed E-state index contributed by atoms with van der Waals surface area (Å²) in [7, 11) is 0. The van der Waals surface area contributed by atoms with Crippen LogP contribution in [0.2, 0.25) is 10.0 Å². The molecule has 2 amide bonds. The van der Waals surface area contributed by atoms with E-state index in [0.717, 1.165) is 0 Å². The summed E-state index contributed by atoms with van der Waals surface area (Å²) < 4.78 is 5.25. The molecule has 0 radical (unpaired) electrons. The molecule has 0 unspecified atom stereocenters. The summed E-state index contributed by atoms with van der Waals surface area (Å²) in [6.45, 7) is 0.214. The summed E-state index contributed by atoms with van der Waals surface area (Å²) in [4.78, 5) is 21.6. The Labute approximate surface area is 126 Å². The number of nitrogens with one attached hydrogen (secondary N) is 2. The molecule has 0 aliphatic heterocycles. The van der Waals surface area contributed by atoms with Crippen LogP contribution in [-0.4, -0.2) is 30.4 Å². The molecule has 3 N–H and O–H groups in total. The molecule has 0 heterocycles. The van der Waals surface area contributed by atoms with Gasteiger partial charge in [0, 0.05) is 18.0 Å². The minimum Gasteiger partial charge on any atom is -0.481 e. The standard InChI is InChI=1S/C12H14Cl2N2O4/c13-8-3-4-10(9(14)6-8)20-7-16-12(19)15-5-1-2-11(17)18/h3-4,6H,1-2,5,7H2,(H,17,18)(H2,15,16,19). The fraction of sp³-hybridized carbons (Fsp3) is 0.333. The van der Waals surface area contributed by atoms with Crippen LogP contribution in [0.5, 0.6) is 5.75 Å². The number of carbonyl (C=O) groups is 2. The third-order valence-electron chi connectivity index (χ3n) is 2.21. The number of ether oxygens (including phenoxy) is 1. The molecule has 0 saturated carbocycles. The zero-order valence-corrected chi connectivity index (χ0v) is 12.0. The summed E-state index contributed by atoms with van der Waals surface area (Å²) in [6.07, 6.45) is 0.379. The molecule has 8 heteroatoms. The second-order valence-corrected chi connectivity index (χ2v) is 4.64. The molecule has 0 bridgehead atoms. The van der Waals surface area contributed by atoms with Crippen LogP contribution in [-0.2, 0) is 4.79 Å². The molecule has 0 aliphatic rings. The predicted molar refractivity (Wildman–Crippen MR) is 75.4 cm³/mol. The Kier molecular flexibility index (Phi) is 6.97. The molecule has 1 rings (SSSR count). The van der Waals surface area contributed by atoms with Crippen molar-refractivity contribution in [1.29, 1.82) is 0 Å². The molecule has 0 spiro atoms. The molecular weight excluding hydrogens is 307 g/mol. The highest BCUT2D eigenvalue weighted by Gasteiger charge is 2.04. The van der Waals surface area contributed by atoms with Gasteiger partial charge < -0.3 is 20.5 Å². The van der Waals surface area contributed by atoms with Crippen LogP contribution >= 0.6 is 23.2 Å². The van der Waals surface area contributed by atoms with Crippen molar-refractivity contribution in [2.45, 2.75) is 12.8 Å². The highest BCUT2D eigenvalue weighted by Crippen LogP contribution is 2.27. The monoisotopic (exact) mass is 320 g/mol. The second kappa shape index (κ2) is 8.50. The first kappa shape index (κ1) is 16.4. The largest absolute Gasteiger partial charge is 0.481 e. The van der Waals surface area contributed by atoms with E-state index in [9.17, 15) is 9.59 Å². The van der Waals surface area contributed by atoms with Crippen LogP contribution in [0.25, 0.3) is 0 Å². The Morgan fingerprint density at radius 2 is 2.00 bits per heavy atom. The van der Waals surface area contributed by atoms with E-state index < -0.39 is 12.0 Å². The third-order valence-corrected chi connectivity index (χ3v) is 2.74. The quantitative estimate of drug-likeness (QED) is 0.532. The molecule has 0 aromatic heterocycles. The van der Waals surface area contributed by atoms with E-state index in [1.807, 2.05) is 0 Å². The van der Waals surface area contributed by atoms with Crippen molar-refractivity contribution in [1.82, 2.24) is 10.6 Å². The number of hydrogen-bond acceptors (Lipinski definition) is 3. The predicted octanol–water partition coefficient (Wildman–Crippen LogP) is 2.49. The number of aliphatic carboxylic acids is 1. The van der Waals surface area contributed by atoms with Crippen LogP contribution in [0.15, 0.2) is 18.2 Å². The Hall–Kier alpha value is -1.66. The molecular formula is C12H14Cl2N2O4. The first-order chi connectivity index (χ1) is 9.49. The molecule has 0 saturated heterocycles. The van der Waals surface area contributed by atoms with Gasteiger partial charge in [-0.1, -0.05) is 23.2 Å². The average Bonchev–Trinajstić information content (AvgIpc) is 2.37. The minimum atomic E-state index is -0.895. The number of carbonyl (C=O) groups excluding carboxylic acids is 1. The number of halogens is 2. The van der Waals surface area contributed by atoms with Gasteiger partial charge in [0.25, 0.3) is 0 Å². The number of rotatable bonds is 7. The van der Waals surface area contributed by atoms with Crippen molar-refractivity contribution in [3.05, 3.63) is 28.2 Å². The smallest absolute Gasteiger partial charge is 0.317 e. The Balaban J connectivity index is 2.20. The van der Waals surface area contributed by atoms with Gasteiger partial charge in [-0.3, -0.25) is 4.79 Å². The first-order valence-electron chi connectivity index (χ1n) is 5.80. The van der Waals surface area contributed by atoms with Crippen LogP contribution in [0.4, 0.5) is 4.79 Å². The minimum absolute atomic E-state index is 0.0111. The highest BCUT2D eigenvalue weighted by molar-refractivity contribution is 6.35. The topological polar surface area (TPSA) is 87.7 Å². The molecule has 110 valence electrons. The lowest BCUT2D eigenvalue weighted by atomic mass is 10.3. The molecule has 1 aromatic rings. The normalized spacial score (nSPS) is 9.90. The average molecular weight is 321 g/mol. The van der Waals surface area contributed by atoms with Gasteiger partial charge in [-0.25, -0.2) is 4.79 Å². The van der Waals surface area contributed by atoms with Gasteiger partial charge in [0.2, 0.25) is 0 Å². The number of urea groups is 1. The maximum Gasteiger partial charge on any atom is 0.317 e. The number of carboxylic acid groups (broad SMARTS) is 1. The van der Waals surface area contributed by atoms with Gasteiger partial charge >= 0.3 is 12.0 Å². The van der Waals surface area contributed by atoms with Crippen molar-refractivity contribution < 1.29 is 19.4 Å². The van der Waals surface area contributed by atoms with Crippen molar-refractivity contribution >= 4 is 35.2 Å². The van der Waals surface area contributed by atoms with Gasteiger partial charge in [0.05, 0.1) is 5.02 Å². The zero-order chi connectivity index (χ0) is 15.0. The second-order valence-electron chi connectivity index (χ2n) is 3.79. The summed E-state index contributed by atoms with van der Waals surface area (Å²) in [5.41, 5.74) is 0. The lowest BCUT2D eigenvalue weighted by molar-refractivity contribution is -0.137. The van der Waals surface area contributed by atoms with Gasteiger partial charge in [0.1, 0.15) is 5.75 Å². The summed E-state index contributed by atoms with van der Waals surface area (Å²) >= 11 is 11.6. The maximum absolute atomic E-state index is 11.3. The third kappa shape index (κ3) is 6.49. The molecule has 0 fully saturated rings. The van der Waals surface area contributed by atoms with Crippen LogP contribution in [0, 0.1) is 0 Å². The Morgan fingerprint density at radius 1 is 1.25 bits per heavy atom. The SMILES string of the molecule is O=C(O)CCCNC(=O)NCOc1ccc(Cl)cc1Cl. The van der Waals surface area contributed by atoms with Crippen molar-refractivity contribution in [2.75, 3.05) is 13.3 Å². The summed E-state index contributed by atoms with van der Waals surface area (Å²) in [5.74, 6) is -0.491. The zero-order valence-electron chi connectivity index (χ0n) is 10.5. The number of hydrogen-bond donors (Lipinski definition) is 3. The first-order valence-corrected chi connectivity index (χ1v) is 6.56. The summed E-state index contributed by atoms with van der Waals surface area (Å²) in [5, 5.41) is 14.2. The van der Waals surface area contributed by atoms with Gasteiger partial charge in [0.15, 0.2) is 6.73 Å². The van der Waals surface area contributed by atoms with Gasteiger partial charge in [-0.15, -0.1) is 0 Å². The van der Waals surface area contributed by atoms with Crippen molar-refractivity contribution in [3.63, 3.8) is 0 Å². The number of carboxylic acids is 1. The van der Waals surface area contributed by atoms with E-state index in [0.29, 0.717) is 22.2 Å². The maximum atomic E-state index is 11.3. The van der Waals surface area contributed by atoms with Crippen LogP contribution < -0.4 is 15.4 Å². The highest BCUT2D eigenvalue weighted by atomic mass is 35.5. The van der Waals surface area contributed by atoms with Crippen molar-refractivity contribution in [3.8, 4) is 5.75 Å². The fourth-order valence-electron chi connectivity index (χ4n) is 1.28. The fourth-order valence-corrected chi connectivity index (χ4v) is 1.74. The van der Waals surface area contributed by atoms with Crippen molar-refractivity contribution in [2.24, 2.45) is 0 Å². The van der Waals surface area contributed by atoms with E-state index in [1.54, 1.807) is 12.1 Å². The van der Waals surface area contributed by atoms with E-state index in [4.69, 9.17) is 33.0 Å². The van der Waals surface area contributed by atoms with E-state index in [2.05, 4.69) is 10.6 Å². The summed E-state index contributed by atoms with van der Waals surface area (Å²) in [6, 6.07) is 4.30.